The van der Waals surface area contributed by atoms with Gasteiger partial charge in [0.2, 0.25) is 0 Å². The molecule has 0 atom stereocenters. The third-order valence-corrected chi connectivity index (χ3v) is 3.82. The molecule has 2 aromatic rings. The first-order chi connectivity index (χ1) is 12.6. The zero-order valence-electron chi connectivity index (χ0n) is 14.5. The molecule has 0 aromatic heterocycles. The number of ether oxygens (including phenoxy) is 2. The molecule has 0 unspecified atom stereocenters. The van der Waals surface area contributed by atoms with Crippen molar-refractivity contribution in [3.05, 3.63) is 58.6 Å². The molecule has 2 rings (SSSR count). The average molecular weight is 421 g/mol. The highest BCUT2D eigenvalue weighted by Gasteiger charge is 2.08. The smallest absolute Gasteiger partial charge is 0.258 e. The summed E-state index contributed by atoms with van der Waals surface area (Å²) in [7, 11) is 0. The van der Waals surface area contributed by atoms with Crippen LogP contribution in [0.4, 0.5) is 0 Å². The Labute approximate surface area is 161 Å². The maximum Gasteiger partial charge on any atom is 0.258 e. The molecular formula is C19H21BrN2O4. The summed E-state index contributed by atoms with van der Waals surface area (Å²) >= 11 is 3.32. The van der Waals surface area contributed by atoms with Crippen LogP contribution in [0.3, 0.4) is 0 Å². The van der Waals surface area contributed by atoms with Gasteiger partial charge in [-0.25, -0.2) is 0 Å². The molecule has 0 fully saturated rings. The quantitative estimate of drug-likeness (QED) is 0.611. The third kappa shape index (κ3) is 6.40. The normalized spacial score (nSPS) is 10.1. The highest BCUT2D eigenvalue weighted by atomic mass is 79.9. The van der Waals surface area contributed by atoms with E-state index in [4.69, 9.17) is 9.47 Å². The summed E-state index contributed by atoms with van der Waals surface area (Å²) in [6, 6.07) is 14.3. The number of nitrogens with one attached hydrogen (secondary N) is 2. The fourth-order valence-electron chi connectivity index (χ4n) is 2.15. The molecule has 0 saturated heterocycles. The lowest BCUT2D eigenvalue weighted by atomic mass is 10.2. The van der Waals surface area contributed by atoms with Crippen molar-refractivity contribution in [2.45, 2.75) is 6.92 Å². The van der Waals surface area contributed by atoms with Crippen LogP contribution in [0.1, 0.15) is 17.3 Å². The van der Waals surface area contributed by atoms with Crippen molar-refractivity contribution in [2.24, 2.45) is 0 Å². The number of para-hydroxylation sites is 2. The first-order valence-corrected chi connectivity index (χ1v) is 9.04. The minimum atomic E-state index is -0.270. The molecule has 0 aliphatic heterocycles. The lowest BCUT2D eigenvalue weighted by Crippen LogP contribution is -2.36. The second kappa shape index (κ2) is 10.5. The van der Waals surface area contributed by atoms with Gasteiger partial charge in [0.1, 0.15) is 0 Å². The largest absolute Gasteiger partial charge is 0.490 e. The van der Waals surface area contributed by atoms with Crippen molar-refractivity contribution in [3.8, 4) is 11.5 Å². The number of rotatable bonds is 9. The standard InChI is InChI=1S/C19H21BrN2O4/c1-2-25-16-8-3-4-9-17(16)26-13-18(23)21-10-11-22-19(24)14-6-5-7-15(20)12-14/h3-9,12H,2,10-11,13H2,1H3,(H,21,23)(H,22,24). The van der Waals surface area contributed by atoms with E-state index in [9.17, 15) is 9.59 Å². The Morgan fingerprint density at radius 1 is 0.962 bits per heavy atom. The lowest BCUT2D eigenvalue weighted by molar-refractivity contribution is -0.123. The van der Waals surface area contributed by atoms with Crippen LogP contribution in [-0.4, -0.2) is 38.1 Å². The van der Waals surface area contributed by atoms with Gasteiger partial charge in [0.25, 0.3) is 11.8 Å². The second-order valence-electron chi connectivity index (χ2n) is 5.28. The number of carbonyl (C=O) groups is 2. The van der Waals surface area contributed by atoms with Crippen LogP contribution in [-0.2, 0) is 4.79 Å². The van der Waals surface area contributed by atoms with Gasteiger partial charge in [0, 0.05) is 23.1 Å². The number of hydrogen-bond donors (Lipinski definition) is 2. The minimum Gasteiger partial charge on any atom is -0.490 e. The number of amides is 2. The molecule has 6 nitrogen and oxygen atoms in total. The van der Waals surface area contributed by atoms with Crippen LogP contribution < -0.4 is 20.1 Å². The van der Waals surface area contributed by atoms with E-state index in [0.29, 0.717) is 36.8 Å². The maximum atomic E-state index is 12.0. The zero-order valence-corrected chi connectivity index (χ0v) is 16.0. The molecule has 0 heterocycles. The summed E-state index contributed by atoms with van der Waals surface area (Å²) in [6.07, 6.45) is 0. The highest BCUT2D eigenvalue weighted by Crippen LogP contribution is 2.26. The summed E-state index contributed by atoms with van der Waals surface area (Å²) in [5, 5.41) is 5.44. The summed E-state index contributed by atoms with van der Waals surface area (Å²) in [4.78, 5) is 23.8. The van der Waals surface area contributed by atoms with Crippen LogP contribution in [0.5, 0.6) is 11.5 Å². The van der Waals surface area contributed by atoms with Gasteiger partial charge in [-0.15, -0.1) is 0 Å². The highest BCUT2D eigenvalue weighted by molar-refractivity contribution is 9.10. The summed E-state index contributed by atoms with van der Waals surface area (Å²) < 4.78 is 11.8. The van der Waals surface area contributed by atoms with E-state index in [-0.39, 0.29) is 18.4 Å². The fourth-order valence-corrected chi connectivity index (χ4v) is 2.55. The van der Waals surface area contributed by atoms with Gasteiger partial charge < -0.3 is 20.1 Å². The Hall–Kier alpha value is -2.54. The van der Waals surface area contributed by atoms with Gasteiger partial charge in [0.05, 0.1) is 6.61 Å². The van der Waals surface area contributed by atoms with Gasteiger partial charge in [-0.05, 0) is 37.3 Å². The Bertz CT molecular complexity index is 752. The van der Waals surface area contributed by atoms with E-state index in [0.717, 1.165) is 4.47 Å². The van der Waals surface area contributed by atoms with Crippen LogP contribution in [0.15, 0.2) is 53.0 Å². The van der Waals surface area contributed by atoms with Gasteiger partial charge in [-0.1, -0.05) is 34.1 Å². The monoisotopic (exact) mass is 420 g/mol. The third-order valence-electron chi connectivity index (χ3n) is 3.33. The van der Waals surface area contributed by atoms with Crippen molar-refractivity contribution in [3.63, 3.8) is 0 Å². The second-order valence-corrected chi connectivity index (χ2v) is 6.20. The maximum absolute atomic E-state index is 12.0. The predicted molar refractivity (Wildman–Crippen MR) is 103 cm³/mol. The van der Waals surface area contributed by atoms with Gasteiger partial charge >= 0.3 is 0 Å². The van der Waals surface area contributed by atoms with E-state index in [1.807, 2.05) is 25.1 Å². The Morgan fingerprint density at radius 3 is 2.35 bits per heavy atom. The van der Waals surface area contributed by atoms with E-state index < -0.39 is 0 Å². The van der Waals surface area contributed by atoms with Gasteiger partial charge in [0.15, 0.2) is 18.1 Å². The molecule has 0 aliphatic carbocycles. The van der Waals surface area contributed by atoms with Crippen LogP contribution in [0.2, 0.25) is 0 Å². The molecule has 7 heteroatoms. The van der Waals surface area contributed by atoms with E-state index in [2.05, 4.69) is 26.6 Å². The van der Waals surface area contributed by atoms with Crippen molar-refractivity contribution < 1.29 is 19.1 Å². The Balaban J connectivity index is 1.69. The molecule has 2 amide bonds. The number of carbonyl (C=O) groups excluding carboxylic acids is 2. The van der Waals surface area contributed by atoms with Crippen molar-refractivity contribution in [1.29, 1.82) is 0 Å². The summed E-state index contributed by atoms with van der Waals surface area (Å²) in [5.41, 5.74) is 0.557. The lowest BCUT2D eigenvalue weighted by Gasteiger charge is -2.12. The number of halogens is 1. The first-order valence-electron chi connectivity index (χ1n) is 8.25. The molecule has 2 aromatic carbocycles. The van der Waals surface area contributed by atoms with E-state index in [1.165, 1.54) is 0 Å². The van der Waals surface area contributed by atoms with Crippen molar-refractivity contribution in [2.75, 3.05) is 26.3 Å². The Morgan fingerprint density at radius 2 is 1.65 bits per heavy atom. The average Bonchev–Trinajstić information content (AvgIpc) is 2.64. The molecule has 0 radical (unpaired) electrons. The molecule has 0 aliphatic rings. The molecule has 138 valence electrons. The van der Waals surface area contributed by atoms with Crippen molar-refractivity contribution in [1.82, 2.24) is 10.6 Å². The minimum absolute atomic E-state index is 0.121. The van der Waals surface area contributed by atoms with Gasteiger partial charge in [-0.2, -0.15) is 0 Å². The summed E-state index contributed by atoms with van der Waals surface area (Å²) in [6.45, 7) is 2.92. The molecule has 0 bridgehead atoms. The van der Waals surface area contributed by atoms with E-state index in [1.54, 1.807) is 30.3 Å². The topological polar surface area (TPSA) is 76.7 Å². The van der Waals surface area contributed by atoms with Crippen LogP contribution >= 0.6 is 15.9 Å². The molecule has 0 spiro atoms. The zero-order chi connectivity index (χ0) is 18.8. The molecule has 0 saturated carbocycles. The van der Waals surface area contributed by atoms with Crippen molar-refractivity contribution >= 4 is 27.7 Å². The summed E-state index contributed by atoms with van der Waals surface area (Å²) in [5.74, 6) is 0.659. The number of hydrogen-bond acceptors (Lipinski definition) is 4. The first kappa shape index (κ1) is 19.8. The number of benzene rings is 2. The Kier molecular flexibility index (Phi) is 7.95. The SMILES string of the molecule is CCOc1ccccc1OCC(=O)NCCNC(=O)c1cccc(Br)c1. The van der Waals surface area contributed by atoms with Crippen LogP contribution in [0, 0.1) is 0 Å². The van der Waals surface area contributed by atoms with Gasteiger partial charge in [-0.3, -0.25) is 9.59 Å². The van der Waals surface area contributed by atoms with E-state index >= 15 is 0 Å². The molecule has 26 heavy (non-hydrogen) atoms. The van der Waals surface area contributed by atoms with Crippen LogP contribution in [0.25, 0.3) is 0 Å². The molecule has 2 N–H and O–H groups in total. The predicted octanol–water partition coefficient (Wildman–Crippen LogP) is 2.77. The molecular weight excluding hydrogens is 400 g/mol. The fraction of sp³-hybridized carbons (Fsp3) is 0.263.